The Kier molecular flexibility index (Phi) is 4.27. The van der Waals surface area contributed by atoms with E-state index >= 15 is 0 Å². The van der Waals surface area contributed by atoms with Crippen LogP contribution >= 0.6 is 0 Å². The molecule has 1 aliphatic rings. The zero-order chi connectivity index (χ0) is 13.8. The number of ether oxygens (including phenoxy) is 2. The van der Waals surface area contributed by atoms with Crippen LogP contribution in [-0.4, -0.2) is 43.7 Å². The average molecular weight is 264 g/mol. The maximum absolute atomic E-state index is 12.5. The molecule has 1 heterocycles. The first-order chi connectivity index (χ1) is 9.17. The van der Waals surface area contributed by atoms with Crippen molar-refractivity contribution in [2.24, 2.45) is 0 Å². The first-order valence-electron chi connectivity index (χ1n) is 6.49. The molecular formula is C14H20N2O3. The maximum atomic E-state index is 12.5. The largest absolute Gasteiger partial charge is 0.495 e. The quantitative estimate of drug-likeness (QED) is 0.841. The summed E-state index contributed by atoms with van der Waals surface area (Å²) in [7, 11) is 1.56. The lowest BCUT2D eigenvalue weighted by Crippen LogP contribution is -2.48. The topological polar surface area (TPSA) is 64.8 Å². The van der Waals surface area contributed by atoms with Crippen molar-refractivity contribution in [2.75, 3.05) is 32.6 Å². The summed E-state index contributed by atoms with van der Waals surface area (Å²) in [5.74, 6) is 0.593. The number of methoxy groups -OCH3 is 1. The molecule has 1 aromatic rings. The third-order valence-electron chi connectivity index (χ3n) is 3.44. The van der Waals surface area contributed by atoms with Gasteiger partial charge in [0.15, 0.2) is 0 Å². The van der Waals surface area contributed by atoms with E-state index in [2.05, 4.69) is 6.92 Å². The van der Waals surface area contributed by atoms with Crippen LogP contribution in [0.3, 0.4) is 0 Å². The SMILES string of the molecule is CCC1COCCN1C(=O)c1ccc(OC)c(N)c1. The van der Waals surface area contributed by atoms with Gasteiger partial charge in [0.25, 0.3) is 5.91 Å². The van der Waals surface area contributed by atoms with E-state index in [9.17, 15) is 4.79 Å². The summed E-state index contributed by atoms with van der Waals surface area (Å²) < 4.78 is 10.5. The van der Waals surface area contributed by atoms with E-state index in [4.69, 9.17) is 15.2 Å². The number of hydrogen-bond donors (Lipinski definition) is 1. The number of anilines is 1. The number of carbonyl (C=O) groups excluding carboxylic acids is 1. The van der Waals surface area contributed by atoms with E-state index in [-0.39, 0.29) is 11.9 Å². The van der Waals surface area contributed by atoms with Crippen LogP contribution < -0.4 is 10.5 Å². The maximum Gasteiger partial charge on any atom is 0.254 e. The molecule has 0 aromatic heterocycles. The fourth-order valence-electron chi connectivity index (χ4n) is 2.29. The summed E-state index contributed by atoms with van der Waals surface area (Å²) in [5.41, 5.74) is 6.92. The number of carbonyl (C=O) groups is 1. The standard InChI is InChI=1S/C14H20N2O3/c1-3-11-9-19-7-6-16(11)14(17)10-4-5-13(18-2)12(15)8-10/h4-5,8,11H,3,6-7,9,15H2,1-2H3. The van der Waals surface area contributed by atoms with Gasteiger partial charge in [-0.1, -0.05) is 6.92 Å². The zero-order valence-electron chi connectivity index (χ0n) is 11.4. The molecule has 1 amide bonds. The first-order valence-corrected chi connectivity index (χ1v) is 6.49. The molecule has 104 valence electrons. The van der Waals surface area contributed by atoms with Gasteiger partial charge in [-0.15, -0.1) is 0 Å². The Morgan fingerprint density at radius 3 is 3.00 bits per heavy atom. The Morgan fingerprint density at radius 1 is 1.58 bits per heavy atom. The molecule has 0 radical (unpaired) electrons. The van der Waals surface area contributed by atoms with Gasteiger partial charge in [-0.25, -0.2) is 0 Å². The highest BCUT2D eigenvalue weighted by Crippen LogP contribution is 2.23. The highest BCUT2D eigenvalue weighted by atomic mass is 16.5. The molecule has 2 N–H and O–H groups in total. The molecule has 5 nitrogen and oxygen atoms in total. The lowest BCUT2D eigenvalue weighted by atomic mass is 10.1. The van der Waals surface area contributed by atoms with Crippen LogP contribution in [0, 0.1) is 0 Å². The van der Waals surface area contributed by atoms with Crippen LogP contribution in [0.15, 0.2) is 18.2 Å². The predicted octanol–water partition coefficient (Wildman–Crippen LogP) is 1.53. The van der Waals surface area contributed by atoms with Crippen molar-refractivity contribution in [1.29, 1.82) is 0 Å². The van der Waals surface area contributed by atoms with E-state index in [0.29, 0.717) is 36.8 Å². The van der Waals surface area contributed by atoms with E-state index in [1.165, 1.54) is 0 Å². The van der Waals surface area contributed by atoms with Crippen molar-refractivity contribution in [3.8, 4) is 5.75 Å². The third-order valence-corrected chi connectivity index (χ3v) is 3.44. The minimum atomic E-state index is 0.00417. The van der Waals surface area contributed by atoms with E-state index in [1.807, 2.05) is 4.90 Å². The number of nitrogens with two attached hydrogens (primary N) is 1. The molecule has 19 heavy (non-hydrogen) atoms. The summed E-state index contributed by atoms with van der Waals surface area (Å²) in [6.07, 6.45) is 0.886. The summed E-state index contributed by atoms with van der Waals surface area (Å²) in [6, 6.07) is 5.29. The highest BCUT2D eigenvalue weighted by Gasteiger charge is 2.26. The molecule has 1 unspecified atom stereocenters. The fourth-order valence-corrected chi connectivity index (χ4v) is 2.29. The van der Waals surface area contributed by atoms with Gasteiger partial charge in [-0.3, -0.25) is 4.79 Å². The van der Waals surface area contributed by atoms with Gasteiger partial charge in [0.1, 0.15) is 5.75 Å². The first kappa shape index (κ1) is 13.7. The molecule has 1 aromatic carbocycles. The number of hydrogen-bond acceptors (Lipinski definition) is 4. The van der Waals surface area contributed by atoms with Crippen molar-refractivity contribution in [3.05, 3.63) is 23.8 Å². The summed E-state index contributed by atoms with van der Waals surface area (Å²) in [4.78, 5) is 14.4. The Morgan fingerprint density at radius 2 is 2.37 bits per heavy atom. The molecular weight excluding hydrogens is 244 g/mol. The van der Waals surface area contributed by atoms with Crippen molar-refractivity contribution in [3.63, 3.8) is 0 Å². The van der Waals surface area contributed by atoms with Gasteiger partial charge in [-0.2, -0.15) is 0 Å². The van der Waals surface area contributed by atoms with Crippen molar-refractivity contribution in [2.45, 2.75) is 19.4 Å². The molecule has 1 saturated heterocycles. The van der Waals surface area contributed by atoms with Crippen molar-refractivity contribution >= 4 is 11.6 Å². The summed E-state index contributed by atoms with van der Waals surface area (Å²) in [5, 5.41) is 0. The summed E-state index contributed by atoms with van der Waals surface area (Å²) in [6.45, 7) is 3.88. The number of benzene rings is 1. The highest BCUT2D eigenvalue weighted by molar-refractivity contribution is 5.95. The molecule has 0 bridgehead atoms. The molecule has 5 heteroatoms. The Labute approximate surface area is 113 Å². The van der Waals surface area contributed by atoms with Crippen LogP contribution in [0.4, 0.5) is 5.69 Å². The summed E-state index contributed by atoms with van der Waals surface area (Å²) >= 11 is 0. The van der Waals surface area contributed by atoms with Gasteiger partial charge in [-0.05, 0) is 24.6 Å². The predicted molar refractivity (Wildman–Crippen MR) is 73.3 cm³/mol. The fraction of sp³-hybridized carbons (Fsp3) is 0.500. The van der Waals surface area contributed by atoms with Crippen LogP contribution in [-0.2, 0) is 4.74 Å². The van der Waals surface area contributed by atoms with Crippen LogP contribution in [0.5, 0.6) is 5.75 Å². The number of morpholine rings is 1. The van der Waals surface area contributed by atoms with E-state index < -0.39 is 0 Å². The van der Waals surface area contributed by atoms with Crippen molar-refractivity contribution in [1.82, 2.24) is 4.90 Å². The molecule has 1 aliphatic heterocycles. The average Bonchev–Trinajstić information content (AvgIpc) is 2.46. The molecule has 1 atom stereocenters. The number of rotatable bonds is 3. The minimum absolute atomic E-state index is 0.00417. The normalized spacial score (nSPS) is 19.3. The van der Waals surface area contributed by atoms with Gasteiger partial charge in [0.05, 0.1) is 32.1 Å². The lowest BCUT2D eigenvalue weighted by Gasteiger charge is -2.35. The van der Waals surface area contributed by atoms with Crippen LogP contribution in [0.2, 0.25) is 0 Å². The van der Waals surface area contributed by atoms with Crippen molar-refractivity contribution < 1.29 is 14.3 Å². The Hall–Kier alpha value is -1.75. The van der Waals surface area contributed by atoms with Crippen LogP contribution in [0.1, 0.15) is 23.7 Å². The third kappa shape index (κ3) is 2.81. The second-order valence-electron chi connectivity index (χ2n) is 4.59. The molecule has 2 rings (SSSR count). The molecule has 0 spiro atoms. The Balaban J connectivity index is 2.20. The number of amides is 1. The second-order valence-corrected chi connectivity index (χ2v) is 4.59. The Bertz CT molecular complexity index is 462. The second kappa shape index (κ2) is 5.93. The lowest BCUT2D eigenvalue weighted by molar-refractivity contribution is -0.00279. The molecule has 0 saturated carbocycles. The van der Waals surface area contributed by atoms with Gasteiger partial charge >= 0.3 is 0 Å². The zero-order valence-corrected chi connectivity index (χ0v) is 11.4. The molecule has 0 aliphatic carbocycles. The smallest absolute Gasteiger partial charge is 0.254 e. The van der Waals surface area contributed by atoms with E-state index in [0.717, 1.165) is 6.42 Å². The van der Waals surface area contributed by atoms with Gasteiger partial charge < -0.3 is 20.1 Å². The monoisotopic (exact) mass is 264 g/mol. The molecule has 1 fully saturated rings. The van der Waals surface area contributed by atoms with Gasteiger partial charge in [0.2, 0.25) is 0 Å². The minimum Gasteiger partial charge on any atom is -0.495 e. The van der Waals surface area contributed by atoms with Gasteiger partial charge in [0, 0.05) is 12.1 Å². The van der Waals surface area contributed by atoms with Crippen LogP contribution in [0.25, 0.3) is 0 Å². The number of nitrogens with zero attached hydrogens (tertiary/aromatic N) is 1. The van der Waals surface area contributed by atoms with E-state index in [1.54, 1.807) is 25.3 Å². The number of nitrogen functional groups attached to an aromatic ring is 1.